The van der Waals surface area contributed by atoms with Crippen molar-refractivity contribution in [3.8, 4) is 16.9 Å². The SMILES string of the molecule is Cc1cccc(-c2c3c(=O)n(C)c(=O)n(C)c3c3n2-c2ccccc2N[C@@H]3c2cccs2)c1. The van der Waals surface area contributed by atoms with Crippen molar-refractivity contribution in [1.29, 1.82) is 0 Å². The molecule has 0 radical (unpaired) electrons. The molecule has 6 nitrogen and oxygen atoms in total. The van der Waals surface area contributed by atoms with Crippen molar-refractivity contribution in [2.24, 2.45) is 14.1 Å². The highest BCUT2D eigenvalue weighted by atomic mass is 32.1. The number of nitrogens with zero attached hydrogens (tertiary/aromatic N) is 3. The molecule has 1 N–H and O–H groups in total. The number of hydrogen-bond donors (Lipinski definition) is 1. The van der Waals surface area contributed by atoms with Crippen LogP contribution in [0.1, 0.15) is 22.2 Å². The fraction of sp³-hybridized carbons (Fsp3) is 0.154. The fourth-order valence-corrected chi connectivity index (χ4v) is 5.73. The number of thiophene rings is 1. The van der Waals surface area contributed by atoms with Crippen molar-refractivity contribution in [3.63, 3.8) is 0 Å². The van der Waals surface area contributed by atoms with Crippen LogP contribution < -0.4 is 16.6 Å². The van der Waals surface area contributed by atoms with Gasteiger partial charge in [-0.3, -0.25) is 13.9 Å². The molecule has 0 spiro atoms. The Labute approximate surface area is 194 Å². The van der Waals surface area contributed by atoms with E-state index in [1.54, 1.807) is 30.0 Å². The standard InChI is InChI=1S/C26H22N4O2S/c1-15-8-6-9-16(14-15)22-20-23(28(2)26(32)29(3)25(20)31)24-21(19-12-7-13-33-19)27-17-10-4-5-11-18(17)30(22)24/h4-14,21,27H,1-3H3/t21-/m1/s1. The van der Waals surface area contributed by atoms with E-state index >= 15 is 0 Å². The Morgan fingerprint density at radius 3 is 2.52 bits per heavy atom. The maximum Gasteiger partial charge on any atom is 0.331 e. The molecule has 164 valence electrons. The lowest BCUT2D eigenvalue weighted by molar-refractivity contribution is 0.709. The first-order chi connectivity index (χ1) is 16.0. The summed E-state index contributed by atoms with van der Waals surface area (Å²) in [4.78, 5) is 27.8. The zero-order valence-electron chi connectivity index (χ0n) is 18.5. The number of rotatable bonds is 2. The molecule has 0 amide bonds. The van der Waals surface area contributed by atoms with Crippen LogP contribution in [-0.4, -0.2) is 13.7 Å². The summed E-state index contributed by atoms with van der Waals surface area (Å²) in [5, 5.41) is 6.27. The van der Waals surface area contributed by atoms with Crippen molar-refractivity contribution >= 4 is 27.9 Å². The first-order valence-corrected chi connectivity index (χ1v) is 11.7. The van der Waals surface area contributed by atoms with Gasteiger partial charge in [0.1, 0.15) is 6.04 Å². The summed E-state index contributed by atoms with van der Waals surface area (Å²) in [6.45, 7) is 2.05. The molecule has 6 rings (SSSR count). The van der Waals surface area contributed by atoms with Gasteiger partial charge in [0.05, 0.1) is 33.7 Å². The van der Waals surface area contributed by atoms with Crippen molar-refractivity contribution in [3.05, 3.63) is 103 Å². The third-order valence-corrected chi connectivity index (χ3v) is 7.38. The zero-order chi connectivity index (χ0) is 22.9. The van der Waals surface area contributed by atoms with Crippen molar-refractivity contribution < 1.29 is 0 Å². The second kappa shape index (κ2) is 7.08. The van der Waals surface area contributed by atoms with Gasteiger partial charge < -0.3 is 9.88 Å². The molecule has 0 bridgehead atoms. The Bertz CT molecular complexity index is 1670. The number of anilines is 1. The first kappa shape index (κ1) is 19.8. The molecule has 33 heavy (non-hydrogen) atoms. The molecule has 0 aliphatic carbocycles. The second-order valence-corrected chi connectivity index (χ2v) is 9.46. The van der Waals surface area contributed by atoms with Gasteiger partial charge in [0.15, 0.2) is 0 Å². The third-order valence-electron chi connectivity index (χ3n) is 6.45. The second-order valence-electron chi connectivity index (χ2n) is 8.48. The number of aromatic nitrogens is 3. The fourth-order valence-electron chi connectivity index (χ4n) is 4.95. The molecular formula is C26H22N4O2S. The van der Waals surface area contributed by atoms with E-state index in [9.17, 15) is 9.59 Å². The van der Waals surface area contributed by atoms with Crippen LogP contribution >= 0.6 is 11.3 Å². The topological polar surface area (TPSA) is 61.0 Å². The van der Waals surface area contributed by atoms with Crippen LogP contribution in [0.25, 0.3) is 27.8 Å². The Kier molecular flexibility index (Phi) is 4.25. The largest absolute Gasteiger partial charge is 0.370 e. The summed E-state index contributed by atoms with van der Waals surface area (Å²) in [5.41, 5.74) is 5.77. The molecule has 0 saturated carbocycles. The molecule has 5 aromatic rings. The van der Waals surface area contributed by atoms with Crippen LogP contribution in [-0.2, 0) is 14.1 Å². The van der Waals surface area contributed by atoms with Crippen LogP contribution in [0.4, 0.5) is 5.69 Å². The smallest absolute Gasteiger partial charge is 0.331 e. The first-order valence-electron chi connectivity index (χ1n) is 10.8. The summed E-state index contributed by atoms with van der Waals surface area (Å²) in [6.07, 6.45) is 0. The van der Waals surface area contributed by atoms with E-state index in [4.69, 9.17) is 0 Å². The average molecular weight is 455 g/mol. The van der Waals surface area contributed by atoms with E-state index in [2.05, 4.69) is 34.1 Å². The predicted molar refractivity (Wildman–Crippen MR) is 134 cm³/mol. The van der Waals surface area contributed by atoms with Gasteiger partial charge in [-0.2, -0.15) is 0 Å². The molecule has 0 unspecified atom stereocenters. The third kappa shape index (κ3) is 2.72. The van der Waals surface area contributed by atoms with E-state index < -0.39 is 0 Å². The molecule has 0 fully saturated rings. The average Bonchev–Trinajstić information content (AvgIpc) is 3.48. The normalized spacial score (nSPS) is 14.7. The Hall–Kier alpha value is -3.84. The summed E-state index contributed by atoms with van der Waals surface area (Å²) >= 11 is 1.65. The van der Waals surface area contributed by atoms with Crippen molar-refractivity contribution in [2.45, 2.75) is 13.0 Å². The van der Waals surface area contributed by atoms with E-state index in [0.29, 0.717) is 10.9 Å². The summed E-state index contributed by atoms with van der Waals surface area (Å²) < 4.78 is 4.99. The zero-order valence-corrected chi connectivity index (χ0v) is 19.3. The van der Waals surface area contributed by atoms with Gasteiger partial charge in [0, 0.05) is 19.0 Å². The van der Waals surface area contributed by atoms with Crippen molar-refractivity contribution in [1.82, 2.24) is 13.7 Å². The molecule has 7 heteroatoms. The van der Waals surface area contributed by atoms with E-state index in [1.807, 2.05) is 48.7 Å². The van der Waals surface area contributed by atoms with Crippen LogP contribution in [0.15, 0.2) is 75.6 Å². The lowest BCUT2D eigenvalue weighted by Crippen LogP contribution is -2.37. The number of fused-ring (bicyclic) bond motifs is 5. The molecule has 1 atom stereocenters. The number of nitrogens with one attached hydrogen (secondary N) is 1. The molecule has 0 saturated heterocycles. The Morgan fingerprint density at radius 1 is 0.939 bits per heavy atom. The predicted octanol–water partition coefficient (Wildman–Crippen LogP) is 4.58. The maximum absolute atomic E-state index is 13.6. The minimum absolute atomic E-state index is 0.196. The number of aryl methyl sites for hydroxylation is 2. The van der Waals surface area contributed by atoms with Gasteiger partial charge in [-0.25, -0.2) is 4.79 Å². The number of para-hydroxylation sites is 2. The van der Waals surface area contributed by atoms with Gasteiger partial charge in [0.25, 0.3) is 5.56 Å². The van der Waals surface area contributed by atoms with Gasteiger partial charge >= 0.3 is 5.69 Å². The monoisotopic (exact) mass is 454 g/mol. The van der Waals surface area contributed by atoms with E-state index in [-0.39, 0.29) is 17.3 Å². The Morgan fingerprint density at radius 2 is 1.76 bits per heavy atom. The molecule has 1 aliphatic rings. The highest BCUT2D eigenvalue weighted by Crippen LogP contribution is 2.46. The molecule has 2 aromatic carbocycles. The molecule has 4 heterocycles. The number of benzene rings is 2. The highest BCUT2D eigenvalue weighted by molar-refractivity contribution is 7.10. The van der Waals surface area contributed by atoms with Gasteiger partial charge in [-0.15, -0.1) is 11.3 Å². The van der Waals surface area contributed by atoms with Crippen LogP contribution in [0.3, 0.4) is 0 Å². The van der Waals surface area contributed by atoms with Gasteiger partial charge in [0.2, 0.25) is 0 Å². The van der Waals surface area contributed by atoms with Crippen LogP contribution in [0.2, 0.25) is 0 Å². The van der Waals surface area contributed by atoms with Crippen LogP contribution in [0, 0.1) is 6.92 Å². The number of hydrogen-bond acceptors (Lipinski definition) is 4. The lowest BCUT2D eigenvalue weighted by Gasteiger charge is -2.30. The lowest BCUT2D eigenvalue weighted by atomic mass is 10.1. The van der Waals surface area contributed by atoms with Crippen molar-refractivity contribution in [2.75, 3.05) is 5.32 Å². The van der Waals surface area contributed by atoms with Gasteiger partial charge in [-0.05, 0) is 42.1 Å². The minimum atomic E-state index is -0.333. The highest BCUT2D eigenvalue weighted by Gasteiger charge is 2.35. The van der Waals surface area contributed by atoms with Gasteiger partial charge in [-0.1, -0.05) is 42.0 Å². The molecule has 3 aromatic heterocycles. The maximum atomic E-state index is 13.6. The quantitative estimate of drug-likeness (QED) is 0.425. The summed E-state index contributed by atoms with van der Waals surface area (Å²) in [7, 11) is 3.29. The van der Waals surface area contributed by atoms with E-state index in [0.717, 1.165) is 38.8 Å². The molecule has 1 aliphatic heterocycles. The minimum Gasteiger partial charge on any atom is -0.370 e. The Balaban J connectivity index is 1.90. The summed E-state index contributed by atoms with van der Waals surface area (Å²) in [6, 6.07) is 20.2. The summed E-state index contributed by atoms with van der Waals surface area (Å²) in [5.74, 6) is 0. The van der Waals surface area contributed by atoms with E-state index in [1.165, 1.54) is 4.57 Å². The van der Waals surface area contributed by atoms with Crippen LogP contribution in [0.5, 0.6) is 0 Å². The molecular weight excluding hydrogens is 432 g/mol.